The van der Waals surface area contributed by atoms with Gasteiger partial charge in [-0.2, -0.15) is 0 Å². The van der Waals surface area contributed by atoms with Crippen molar-refractivity contribution in [2.45, 2.75) is 65.7 Å². The first-order valence-corrected chi connectivity index (χ1v) is 8.19. The van der Waals surface area contributed by atoms with Crippen LogP contribution in [0, 0.1) is 0 Å². The second-order valence-corrected chi connectivity index (χ2v) is 5.72. The summed E-state index contributed by atoms with van der Waals surface area (Å²) < 4.78 is 1.28. The molecule has 0 spiro atoms. The van der Waals surface area contributed by atoms with Gasteiger partial charge in [0.05, 0.1) is 32.1 Å². The van der Waals surface area contributed by atoms with Crippen LogP contribution >= 0.6 is 11.6 Å². The van der Waals surface area contributed by atoms with Gasteiger partial charge in [-0.25, -0.2) is 0 Å². The summed E-state index contributed by atoms with van der Waals surface area (Å²) >= 11 is 6.04. The van der Waals surface area contributed by atoms with E-state index in [-0.39, 0.29) is 17.0 Å². The summed E-state index contributed by atoms with van der Waals surface area (Å²) in [5.74, 6) is 0.819. The maximum absolute atomic E-state index is 6.04. The summed E-state index contributed by atoms with van der Waals surface area (Å²) in [4.78, 5) is 0. The summed E-state index contributed by atoms with van der Waals surface area (Å²) in [6.45, 7) is 12.1. The third-order valence-corrected chi connectivity index (χ3v) is 3.94. The fourth-order valence-electron chi connectivity index (χ4n) is 2.53. The molecule has 0 N–H and O–H groups in total. The summed E-state index contributed by atoms with van der Waals surface area (Å²) in [5, 5.41) is 0. The van der Waals surface area contributed by atoms with E-state index < -0.39 is 0 Å². The maximum atomic E-state index is 6.04. The van der Waals surface area contributed by atoms with Gasteiger partial charge in [-0.05, 0) is 25.7 Å². The van der Waals surface area contributed by atoms with Crippen LogP contribution in [0.4, 0.5) is 0 Å². The van der Waals surface area contributed by atoms with E-state index in [0.717, 1.165) is 5.88 Å². The summed E-state index contributed by atoms with van der Waals surface area (Å²) in [7, 11) is 0. The zero-order valence-corrected chi connectivity index (χ0v) is 15.0. The van der Waals surface area contributed by atoms with Crippen LogP contribution < -0.4 is 17.0 Å². The average Bonchev–Trinajstić information content (AvgIpc) is 2.34. The van der Waals surface area contributed by atoms with Gasteiger partial charge >= 0.3 is 0 Å². The largest absolute Gasteiger partial charge is 1.00 e. The number of quaternary nitrogens is 1. The normalized spacial score (nSPS) is 11.3. The first-order chi connectivity index (χ1) is 8.24. The highest BCUT2D eigenvalue weighted by Crippen LogP contribution is 2.15. The van der Waals surface area contributed by atoms with Gasteiger partial charge in [0.15, 0.2) is 0 Å². The number of hydrogen-bond acceptors (Lipinski definition) is 0. The molecule has 0 unspecified atom stereocenters. The minimum atomic E-state index is 0. The van der Waals surface area contributed by atoms with Crippen molar-refractivity contribution in [1.82, 2.24) is 0 Å². The number of halogens is 2. The average molecular weight is 343 g/mol. The molecule has 0 saturated carbocycles. The Hall–Kier alpha value is 0.730. The van der Waals surface area contributed by atoms with Gasteiger partial charge in [0.25, 0.3) is 0 Å². The predicted octanol–water partition coefficient (Wildman–Crippen LogP) is 1.84. The molecule has 3 heteroatoms. The second-order valence-electron chi connectivity index (χ2n) is 5.34. The van der Waals surface area contributed by atoms with Gasteiger partial charge < -0.3 is 21.5 Å². The van der Waals surface area contributed by atoms with E-state index in [1.807, 2.05) is 0 Å². The van der Waals surface area contributed by atoms with Crippen molar-refractivity contribution in [3.8, 4) is 0 Å². The van der Waals surface area contributed by atoms with E-state index in [9.17, 15) is 0 Å². The van der Waals surface area contributed by atoms with Crippen LogP contribution in [0.15, 0.2) is 0 Å². The molecule has 0 aliphatic heterocycles. The van der Waals surface area contributed by atoms with Gasteiger partial charge in [-0.1, -0.05) is 40.0 Å². The Morgan fingerprint density at radius 3 is 1.50 bits per heavy atom. The van der Waals surface area contributed by atoms with Crippen LogP contribution in [0.2, 0.25) is 0 Å². The minimum absolute atomic E-state index is 0. The van der Waals surface area contributed by atoms with Gasteiger partial charge in [0, 0.05) is 0 Å². The Kier molecular flexibility index (Phi) is 16.5. The molecule has 0 aliphatic rings. The summed E-state index contributed by atoms with van der Waals surface area (Å²) in [6, 6.07) is 0. The monoisotopic (exact) mass is 341 g/mol. The fraction of sp³-hybridized carbons (Fsp3) is 1.00. The first kappa shape index (κ1) is 21.0. The molecule has 0 rings (SSSR count). The first-order valence-electron chi connectivity index (χ1n) is 7.65. The van der Waals surface area contributed by atoms with Crippen molar-refractivity contribution in [3.63, 3.8) is 0 Å². The van der Waals surface area contributed by atoms with Crippen molar-refractivity contribution in [3.05, 3.63) is 0 Å². The van der Waals surface area contributed by atoms with Crippen LogP contribution in [0.1, 0.15) is 65.7 Å². The van der Waals surface area contributed by atoms with Gasteiger partial charge in [-0.15, -0.1) is 11.6 Å². The lowest BCUT2D eigenvalue weighted by molar-refractivity contribution is -0.926. The van der Waals surface area contributed by atoms with Crippen LogP contribution in [0.5, 0.6) is 0 Å². The van der Waals surface area contributed by atoms with Gasteiger partial charge in [0.1, 0.15) is 0 Å². The lowest BCUT2D eigenvalue weighted by Gasteiger charge is -2.38. The number of alkyl halides is 1. The van der Waals surface area contributed by atoms with E-state index in [0.29, 0.717) is 0 Å². The molecule has 0 aromatic heterocycles. The molecule has 18 heavy (non-hydrogen) atoms. The van der Waals surface area contributed by atoms with E-state index in [4.69, 9.17) is 11.6 Å². The Morgan fingerprint density at radius 2 is 1.11 bits per heavy atom. The molecular weight excluding hydrogens is 310 g/mol. The third kappa shape index (κ3) is 9.63. The molecule has 0 atom stereocenters. The van der Waals surface area contributed by atoms with Crippen molar-refractivity contribution >= 4 is 11.6 Å². The predicted molar refractivity (Wildman–Crippen MR) is 79.8 cm³/mol. The highest BCUT2D eigenvalue weighted by Gasteiger charge is 2.24. The maximum Gasteiger partial charge on any atom is 0.0924 e. The van der Waals surface area contributed by atoms with Crippen LogP contribution in [0.25, 0.3) is 0 Å². The number of rotatable bonds is 12. The Morgan fingerprint density at radius 1 is 0.667 bits per heavy atom. The molecule has 0 aromatic carbocycles. The smallest absolute Gasteiger partial charge is 0.0924 e. The number of hydrogen-bond donors (Lipinski definition) is 0. The van der Waals surface area contributed by atoms with E-state index in [2.05, 4.69) is 20.8 Å². The summed E-state index contributed by atoms with van der Waals surface area (Å²) in [5.41, 5.74) is 0. The quantitative estimate of drug-likeness (QED) is 0.288. The molecule has 0 aromatic rings. The van der Waals surface area contributed by atoms with Crippen LogP contribution in [-0.2, 0) is 0 Å². The molecule has 0 bridgehead atoms. The Labute approximate surface area is 131 Å². The second kappa shape index (κ2) is 14.1. The summed E-state index contributed by atoms with van der Waals surface area (Å²) in [6.07, 6.45) is 9.40. The molecule has 0 fully saturated rings. The SMILES string of the molecule is CCCCC[N+](CCCl)(CCCC)CCCC.[Br-]. The zero-order chi connectivity index (χ0) is 13.0. The topological polar surface area (TPSA) is 0 Å². The van der Waals surface area contributed by atoms with Crippen molar-refractivity contribution in [2.24, 2.45) is 0 Å². The molecule has 0 radical (unpaired) electrons. The van der Waals surface area contributed by atoms with Crippen molar-refractivity contribution < 1.29 is 21.5 Å². The zero-order valence-electron chi connectivity index (χ0n) is 12.7. The molecule has 1 nitrogen and oxygen atoms in total. The number of unbranched alkanes of at least 4 members (excludes halogenated alkanes) is 4. The van der Waals surface area contributed by atoms with Crippen LogP contribution in [0.3, 0.4) is 0 Å². The lowest BCUT2D eigenvalue weighted by atomic mass is 10.1. The lowest BCUT2D eigenvalue weighted by Crippen LogP contribution is -3.00. The molecule has 112 valence electrons. The number of nitrogens with zero attached hydrogens (tertiary/aromatic N) is 1. The molecular formula is C15H33BrClN. The van der Waals surface area contributed by atoms with Gasteiger partial charge in [0.2, 0.25) is 0 Å². The standard InChI is InChI=1S/C15H33ClN.BrH/c1-4-7-10-14-17(15-11-16,12-8-5-2)13-9-6-3;/h4-15H2,1-3H3;1H/q+1;/p-1. The minimum Gasteiger partial charge on any atom is -1.00 e. The fourth-order valence-corrected chi connectivity index (χ4v) is 2.89. The van der Waals surface area contributed by atoms with Gasteiger partial charge in [-0.3, -0.25) is 0 Å². The van der Waals surface area contributed by atoms with E-state index in [1.165, 1.54) is 75.6 Å². The highest BCUT2D eigenvalue weighted by molar-refractivity contribution is 6.17. The molecule has 0 heterocycles. The molecule has 0 amide bonds. The van der Waals surface area contributed by atoms with Crippen LogP contribution in [-0.4, -0.2) is 36.5 Å². The molecule has 0 aliphatic carbocycles. The van der Waals surface area contributed by atoms with E-state index >= 15 is 0 Å². The highest BCUT2D eigenvalue weighted by atomic mass is 79.9. The Bertz CT molecular complexity index is 157. The van der Waals surface area contributed by atoms with E-state index in [1.54, 1.807) is 0 Å². The third-order valence-electron chi connectivity index (χ3n) is 3.77. The van der Waals surface area contributed by atoms with Crippen molar-refractivity contribution in [2.75, 3.05) is 32.1 Å². The Balaban J connectivity index is 0. The van der Waals surface area contributed by atoms with Crippen molar-refractivity contribution in [1.29, 1.82) is 0 Å². The molecule has 0 saturated heterocycles.